The predicted octanol–water partition coefficient (Wildman–Crippen LogP) is 2.15. The fourth-order valence-electron chi connectivity index (χ4n) is 2.72. The molecule has 2 aromatic heterocycles. The standard InChI is InChI=1S/C16H20N4O2/c1-11-15(18-12(2)19-16(11)21-3)20-8-6-14(10-20)22-13-5-4-7-17-9-13/h4-5,7,9,14H,6,8,10H2,1-3H3. The molecular weight excluding hydrogens is 280 g/mol. The van der Waals surface area contributed by atoms with Crippen molar-refractivity contribution in [3.63, 3.8) is 0 Å². The predicted molar refractivity (Wildman–Crippen MR) is 83.5 cm³/mol. The average molecular weight is 300 g/mol. The second-order valence-electron chi connectivity index (χ2n) is 5.39. The maximum absolute atomic E-state index is 5.97. The van der Waals surface area contributed by atoms with Crippen molar-refractivity contribution in [3.05, 3.63) is 35.9 Å². The zero-order valence-corrected chi connectivity index (χ0v) is 13.1. The Labute approximate surface area is 130 Å². The van der Waals surface area contributed by atoms with Gasteiger partial charge in [-0.25, -0.2) is 4.98 Å². The number of hydrogen-bond donors (Lipinski definition) is 0. The highest BCUT2D eigenvalue weighted by molar-refractivity contribution is 5.51. The van der Waals surface area contributed by atoms with Crippen molar-refractivity contribution in [1.29, 1.82) is 0 Å². The summed E-state index contributed by atoms with van der Waals surface area (Å²) in [6.45, 7) is 5.58. The monoisotopic (exact) mass is 300 g/mol. The maximum atomic E-state index is 5.97. The second-order valence-corrected chi connectivity index (χ2v) is 5.39. The lowest BCUT2D eigenvalue weighted by Crippen LogP contribution is -2.26. The Balaban J connectivity index is 1.74. The zero-order chi connectivity index (χ0) is 15.5. The van der Waals surface area contributed by atoms with Crippen LogP contribution in [-0.4, -0.2) is 41.3 Å². The third kappa shape index (κ3) is 2.95. The van der Waals surface area contributed by atoms with E-state index in [0.29, 0.717) is 11.7 Å². The molecule has 1 saturated heterocycles. The highest BCUT2D eigenvalue weighted by atomic mass is 16.5. The molecule has 1 aliphatic rings. The molecule has 0 saturated carbocycles. The van der Waals surface area contributed by atoms with Crippen molar-refractivity contribution < 1.29 is 9.47 Å². The number of aromatic nitrogens is 3. The molecule has 1 atom stereocenters. The van der Waals surface area contributed by atoms with Crippen LogP contribution >= 0.6 is 0 Å². The van der Waals surface area contributed by atoms with Crippen molar-refractivity contribution in [2.75, 3.05) is 25.1 Å². The van der Waals surface area contributed by atoms with E-state index in [1.54, 1.807) is 19.5 Å². The summed E-state index contributed by atoms with van der Waals surface area (Å²) < 4.78 is 11.3. The third-order valence-electron chi connectivity index (χ3n) is 3.76. The molecule has 0 spiro atoms. The molecule has 116 valence electrons. The van der Waals surface area contributed by atoms with Crippen LogP contribution in [-0.2, 0) is 0 Å². The minimum Gasteiger partial charge on any atom is -0.487 e. The lowest BCUT2D eigenvalue weighted by Gasteiger charge is -2.21. The largest absolute Gasteiger partial charge is 0.487 e. The summed E-state index contributed by atoms with van der Waals surface area (Å²) in [6.07, 6.45) is 4.59. The first kappa shape index (κ1) is 14.6. The molecule has 6 heteroatoms. The Morgan fingerprint density at radius 2 is 2.14 bits per heavy atom. The first-order chi connectivity index (χ1) is 10.7. The van der Waals surface area contributed by atoms with Crippen LogP contribution in [0.25, 0.3) is 0 Å². The Kier molecular flexibility index (Phi) is 4.09. The van der Waals surface area contributed by atoms with Crippen LogP contribution in [0.15, 0.2) is 24.5 Å². The fourth-order valence-corrected chi connectivity index (χ4v) is 2.72. The van der Waals surface area contributed by atoms with Crippen LogP contribution in [0.4, 0.5) is 5.82 Å². The van der Waals surface area contributed by atoms with Gasteiger partial charge < -0.3 is 14.4 Å². The summed E-state index contributed by atoms with van der Waals surface area (Å²) in [7, 11) is 1.64. The molecule has 0 N–H and O–H groups in total. The number of methoxy groups -OCH3 is 1. The van der Waals surface area contributed by atoms with Crippen LogP contribution in [0.2, 0.25) is 0 Å². The molecule has 0 aliphatic carbocycles. The van der Waals surface area contributed by atoms with Crippen molar-refractivity contribution in [2.45, 2.75) is 26.4 Å². The highest BCUT2D eigenvalue weighted by Crippen LogP contribution is 2.28. The second kappa shape index (κ2) is 6.17. The molecule has 2 aromatic rings. The molecule has 1 aliphatic heterocycles. The Morgan fingerprint density at radius 1 is 1.27 bits per heavy atom. The number of aryl methyl sites for hydroxylation is 1. The molecule has 0 radical (unpaired) electrons. The molecule has 6 nitrogen and oxygen atoms in total. The zero-order valence-electron chi connectivity index (χ0n) is 13.1. The number of ether oxygens (including phenoxy) is 2. The number of nitrogens with zero attached hydrogens (tertiary/aromatic N) is 4. The van der Waals surface area contributed by atoms with Crippen molar-refractivity contribution in [2.24, 2.45) is 0 Å². The number of hydrogen-bond acceptors (Lipinski definition) is 6. The average Bonchev–Trinajstić information content (AvgIpc) is 2.98. The van der Waals surface area contributed by atoms with E-state index in [4.69, 9.17) is 9.47 Å². The van der Waals surface area contributed by atoms with Crippen LogP contribution < -0.4 is 14.4 Å². The molecule has 3 rings (SSSR count). The van der Waals surface area contributed by atoms with Crippen LogP contribution in [0, 0.1) is 13.8 Å². The first-order valence-electron chi connectivity index (χ1n) is 7.38. The van der Waals surface area contributed by atoms with E-state index in [2.05, 4.69) is 19.9 Å². The van der Waals surface area contributed by atoms with Crippen LogP contribution in [0.5, 0.6) is 11.6 Å². The molecule has 22 heavy (non-hydrogen) atoms. The molecule has 0 aromatic carbocycles. The lowest BCUT2D eigenvalue weighted by atomic mass is 10.3. The molecule has 3 heterocycles. The fraction of sp³-hybridized carbons (Fsp3) is 0.438. The van der Waals surface area contributed by atoms with Gasteiger partial charge in [0, 0.05) is 19.2 Å². The van der Waals surface area contributed by atoms with Crippen LogP contribution in [0.3, 0.4) is 0 Å². The summed E-state index contributed by atoms with van der Waals surface area (Å²) in [6, 6.07) is 3.81. The van der Waals surface area contributed by atoms with E-state index in [-0.39, 0.29) is 6.10 Å². The van der Waals surface area contributed by atoms with Gasteiger partial charge in [-0.3, -0.25) is 4.98 Å². The quantitative estimate of drug-likeness (QED) is 0.862. The van der Waals surface area contributed by atoms with E-state index in [1.165, 1.54) is 0 Å². The smallest absolute Gasteiger partial charge is 0.221 e. The highest BCUT2D eigenvalue weighted by Gasteiger charge is 2.27. The van der Waals surface area contributed by atoms with E-state index < -0.39 is 0 Å². The van der Waals surface area contributed by atoms with Gasteiger partial charge >= 0.3 is 0 Å². The topological polar surface area (TPSA) is 60.4 Å². The minimum atomic E-state index is 0.143. The van der Waals surface area contributed by atoms with Gasteiger partial charge in [0.25, 0.3) is 0 Å². The molecule has 0 bridgehead atoms. The minimum absolute atomic E-state index is 0.143. The summed E-state index contributed by atoms with van der Waals surface area (Å²) in [5.74, 6) is 3.09. The van der Waals surface area contributed by atoms with Gasteiger partial charge in [-0.2, -0.15) is 4.98 Å². The van der Waals surface area contributed by atoms with Crippen molar-refractivity contribution in [1.82, 2.24) is 15.0 Å². The first-order valence-corrected chi connectivity index (χ1v) is 7.38. The van der Waals surface area contributed by atoms with Gasteiger partial charge in [-0.15, -0.1) is 0 Å². The van der Waals surface area contributed by atoms with E-state index in [0.717, 1.165) is 36.6 Å². The van der Waals surface area contributed by atoms with Gasteiger partial charge in [0.2, 0.25) is 5.88 Å². The summed E-state index contributed by atoms with van der Waals surface area (Å²) in [5.41, 5.74) is 0.968. The lowest BCUT2D eigenvalue weighted by molar-refractivity contribution is 0.224. The van der Waals surface area contributed by atoms with Crippen molar-refractivity contribution >= 4 is 5.82 Å². The van der Waals surface area contributed by atoms with Gasteiger partial charge in [0.15, 0.2) is 0 Å². The van der Waals surface area contributed by atoms with Gasteiger partial charge in [0.05, 0.1) is 25.4 Å². The molecular formula is C16H20N4O2. The number of pyridine rings is 1. The van der Waals surface area contributed by atoms with Gasteiger partial charge in [-0.05, 0) is 26.0 Å². The number of anilines is 1. The van der Waals surface area contributed by atoms with E-state index in [9.17, 15) is 0 Å². The van der Waals surface area contributed by atoms with E-state index >= 15 is 0 Å². The summed E-state index contributed by atoms with van der Waals surface area (Å²) in [5, 5.41) is 0. The normalized spacial score (nSPS) is 17.6. The summed E-state index contributed by atoms with van der Waals surface area (Å²) >= 11 is 0. The Morgan fingerprint density at radius 3 is 2.86 bits per heavy atom. The van der Waals surface area contributed by atoms with Crippen LogP contribution in [0.1, 0.15) is 17.8 Å². The van der Waals surface area contributed by atoms with Crippen molar-refractivity contribution in [3.8, 4) is 11.6 Å². The summed E-state index contributed by atoms with van der Waals surface area (Å²) in [4.78, 5) is 15.2. The van der Waals surface area contributed by atoms with Gasteiger partial charge in [0.1, 0.15) is 23.5 Å². The maximum Gasteiger partial charge on any atom is 0.221 e. The van der Waals surface area contributed by atoms with E-state index in [1.807, 2.05) is 26.0 Å². The molecule has 0 amide bonds. The molecule has 1 unspecified atom stereocenters. The Bertz CT molecular complexity index is 648. The van der Waals surface area contributed by atoms with Gasteiger partial charge in [-0.1, -0.05) is 0 Å². The third-order valence-corrected chi connectivity index (χ3v) is 3.76. The number of rotatable bonds is 4. The molecule has 1 fully saturated rings. The SMILES string of the molecule is COc1nc(C)nc(N2CCC(Oc3cccnc3)C2)c1C. The Hall–Kier alpha value is -2.37.